The number of halogens is 4. The van der Waals surface area contributed by atoms with E-state index >= 15 is 0 Å². The summed E-state index contributed by atoms with van der Waals surface area (Å²) in [6, 6.07) is 3.01. The highest BCUT2D eigenvalue weighted by Crippen LogP contribution is 2.37. The molecule has 0 saturated carbocycles. The molecule has 0 bridgehead atoms. The van der Waals surface area contributed by atoms with Crippen LogP contribution in [0, 0.1) is 0 Å². The van der Waals surface area contributed by atoms with Gasteiger partial charge in [0.1, 0.15) is 0 Å². The second-order valence-electron chi connectivity index (χ2n) is 2.84. The van der Waals surface area contributed by atoms with Gasteiger partial charge in [-0.2, -0.15) is 8.78 Å². The van der Waals surface area contributed by atoms with Gasteiger partial charge in [0, 0.05) is 22.0 Å². The van der Waals surface area contributed by atoms with Crippen LogP contribution in [0.15, 0.2) is 12.1 Å². The highest BCUT2D eigenvalue weighted by atomic mass is 79.9. The molecule has 1 aromatic rings. The highest BCUT2D eigenvalue weighted by molar-refractivity contribution is 9.08. The lowest BCUT2D eigenvalue weighted by Crippen LogP contribution is -2.06. The Morgan fingerprint density at radius 1 is 1.44 bits per heavy atom. The lowest BCUT2D eigenvalue weighted by molar-refractivity contribution is -0.0519. The van der Waals surface area contributed by atoms with Crippen molar-refractivity contribution in [1.82, 2.24) is 0 Å². The predicted molar refractivity (Wildman–Crippen MR) is 61.9 cm³/mol. The van der Waals surface area contributed by atoms with Crippen LogP contribution in [0.2, 0.25) is 5.02 Å². The van der Waals surface area contributed by atoms with Gasteiger partial charge in [-0.25, -0.2) is 0 Å². The van der Waals surface area contributed by atoms with Gasteiger partial charge < -0.3 is 9.47 Å². The predicted octanol–water partition coefficient (Wildman–Crippen LogP) is 4.24. The molecule has 1 rings (SSSR count). The molecule has 0 saturated heterocycles. The van der Waals surface area contributed by atoms with E-state index in [9.17, 15) is 8.78 Å². The van der Waals surface area contributed by atoms with Crippen LogP contribution in [0.4, 0.5) is 8.78 Å². The van der Waals surface area contributed by atoms with Gasteiger partial charge >= 0.3 is 6.61 Å². The molecule has 2 nitrogen and oxygen atoms in total. The van der Waals surface area contributed by atoms with Gasteiger partial charge in [0.25, 0.3) is 0 Å². The maximum Gasteiger partial charge on any atom is 0.387 e. The van der Waals surface area contributed by atoms with E-state index in [0.29, 0.717) is 22.5 Å². The zero-order valence-electron chi connectivity index (χ0n) is 8.47. The largest absolute Gasteiger partial charge is 0.490 e. The van der Waals surface area contributed by atoms with Crippen LogP contribution in [0.3, 0.4) is 0 Å². The summed E-state index contributed by atoms with van der Waals surface area (Å²) in [6.07, 6.45) is 0. The molecule has 6 heteroatoms. The third-order valence-corrected chi connectivity index (χ3v) is 2.57. The molecular weight excluding hydrogens is 305 g/mol. The summed E-state index contributed by atoms with van der Waals surface area (Å²) in [7, 11) is 0. The zero-order valence-corrected chi connectivity index (χ0v) is 10.8. The Kier molecular flexibility index (Phi) is 5.28. The molecule has 0 amide bonds. The summed E-state index contributed by atoms with van der Waals surface area (Å²) < 4.78 is 34.1. The minimum Gasteiger partial charge on any atom is -0.490 e. The standard InChI is InChI=1S/C10H10BrClF2O2/c1-2-15-8-4-7(12)3-6(5-11)9(8)16-10(13)14/h3-4,10H,2,5H2,1H3. The number of hydrogen-bond acceptors (Lipinski definition) is 2. The number of ether oxygens (including phenoxy) is 2. The Morgan fingerprint density at radius 3 is 2.62 bits per heavy atom. The molecule has 0 aromatic heterocycles. The molecular formula is C10H10BrClF2O2. The van der Waals surface area contributed by atoms with Crippen LogP contribution in [-0.4, -0.2) is 13.2 Å². The molecule has 0 radical (unpaired) electrons. The Labute approximate surface area is 106 Å². The van der Waals surface area contributed by atoms with Crippen molar-refractivity contribution in [3.63, 3.8) is 0 Å². The van der Waals surface area contributed by atoms with Crippen molar-refractivity contribution in [1.29, 1.82) is 0 Å². The van der Waals surface area contributed by atoms with E-state index in [1.807, 2.05) is 0 Å². The average molecular weight is 316 g/mol. The van der Waals surface area contributed by atoms with Crippen LogP contribution in [-0.2, 0) is 5.33 Å². The van der Waals surface area contributed by atoms with E-state index in [1.54, 1.807) is 13.0 Å². The molecule has 1 aromatic carbocycles. The lowest BCUT2D eigenvalue weighted by Gasteiger charge is -2.14. The van der Waals surface area contributed by atoms with Crippen molar-refractivity contribution in [3.05, 3.63) is 22.7 Å². The average Bonchev–Trinajstić information content (AvgIpc) is 2.21. The third-order valence-electron chi connectivity index (χ3n) is 1.75. The van der Waals surface area contributed by atoms with Crippen LogP contribution in [0.1, 0.15) is 12.5 Å². The molecule has 0 aliphatic rings. The Bertz CT molecular complexity index is 361. The summed E-state index contributed by atoms with van der Waals surface area (Å²) in [5.74, 6) is 0.253. The maximum absolute atomic E-state index is 12.2. The van der Waals surface area contributed by atoms with Crippen molar-refractivity contribution >= 4 is 27.5 Å². The number of benzene rings is 1. The minimum atomic E-state index is -2.89. The van der Waals surface area contributed by atoms with Crippen LogP contribution < -0.4 is 9.47 Å². The first-order valence-electron chi connectivity index (χ1n) is 4.54. The van der Waals surface area contributed by atoms with Crippen molar-refractivity contribution in [2.24, 2.45) is 0 Å². The molecule has 90 valence electrons. The fraction of sp³-hybridized carbons (Fsp3) is 0.400. The van der Waals surface area contributed by atoms with Gasteiger partial charge in [0.2, 0.25) is 0 Å². The number of hydrogen-bond donors (Lipinski definition) is 0. The molecule has 0 heterocycles. The molecule has 0 atom stereocenters. The fourth-order valence-corrected chi connectivity index (χ4v) is 1.85. The summed E-state index contributed by atoms with van der Waals surface area (Å²) >= 11 is 9.01. The Balaban J connectivity index is 3.15. The van der Waals surface area contributed by atoms with Gasteiger partial charge in [0.15, 0.2) is 11.5 Å². The van der Waals surface area contributed by atoms with E-state index in [-0.39, 0.29) is 11.5 Å². The van der Waals surface area contributed by atoms with Crippen molar-refractivity contribution < 1.29 is 18.3 Å². The van der Waals surface area contributed by atoms with Crippen LogP contribution >= 0.6 is 27.5 Å². The van der Waals surface area contributed by atoms with Crippen molar-refractivity contribution in [2.45, 2.75) is 18.9 Å². The first kappa shape index (κ1) is 13.5. The van der Waals surface area contributed by atoms with Crippen molar-refractivity contribution in [2.75, 3.05) is 6.61 Å². The summed E-state index contributed by atoms with van der Waals surface area (Å²) in [5, 5.41) is 0.773. The molecule has 0 fully saturated rings. The number of alkyl halides is 3. The fourth-order valence-electron chi connectivity index (χ4n) is 1.21. The van der Waals surface area contributed by atoms with Gasteiger partial charge in [0.05, 0.1) is 6.61 Å². The first-order valence-corrected chi connectivity index (χ1v) is 6.04. The molecule has 0 aliphatic carbocycles. The quantitative estimate of drug-likeness (QED) is 0.757. The van der Waals surface area contributed by atoms with Gasteiger partial charge in [-0.05, 0) is 13.0 Å². The smallest absolute Gasteiger partial charge is 0.387 e. The highest BCUT2D eigenvalue weighted by Gasteiger charge is 2.16. The molecule has 0 spiro atoms. The number of rotatable bonds is 5. The second-order valence-corrected chi connectivity index (χ2v) is 3.83. The van der Waals surface area contributed by atoms with E-state index in [1.165, 1.54) is 6.07 Å². The molecule has 0 N–H and O–H groups in total. The normalized spacial score (nSPS) is 10.6. The second kappa shape index (κ2) is 6.25. The maximum atomic E-state index is 12.2. The lowest BCUT2D eigenvalue weighted by atomic mass is 10.2. The van der Waals surface area contributed by atoms with Crippen LogP contribution in [0.5, 0.6) is 11.5 Å². The monoisotopic (exact) mass is 314 g/mol. The van der Waals surface area contributed by atoms with Gasteiger partial charge in [-0.1, -0.05) is 27.5 Å². The SMILES string of the molecule is CCOc1cc(Cl)cc(CBr)c1OC(F)F. The van der Waals surface area contributed by atoms with Crippen molar-refractivity contribution in [3.8, 4) is 11.5 Å². The Morgan fingerprint density at radius 2 is 2.12 bits per heavy atom. The Hall–Kier alpha value is -0.550. The molecule has 16 heavy (non-hydrogen) atoms. The molecule has 0 unspecified atom stereocenters. The summed E-state index contributed by atoms with van der Waals surface area (Å²) in [4.78, 5) is 0. The van der Waals surface area contributed by atoms with E-state index < -0.39 is 6.61 Å². The summed E-state index contributed by atoms with van der Waals surface area (Å²) in [6.45, 7) is -0.791. The zero-order chi connectivity index (χ0) is 12.1. The third kappa shape index (κ3) is 3.49. The summed E-state index contributed by atoms with van der Waals surface area (Å²) in [5.41, 5.74) is 0.524. The van der Waals surface area contributed by atoms with E-state index in [2.05, 4.69) is 20.7 Å². The van der Waals surface area contributed by atoms with Gasteiger partial charge in [-0.15, -0.1) is 0 Å². The van der Waals surface area contributed by atoms with E-state index in [0.717, 1.165) is 0 Å². The van der Waals surface area contributed by atoms with E-state index in [4.69, 9.17) is 16.3 Å². The van der Waals surface area contributed by atoms with Gasteiger partial charge in [-0.3, -0.25) is 0 Å². The molecule has 0 aliphatic heterocycles. The minimum absolute atomic E-state index is 0.0260. The first-order chi connectivity index (χ1) is 7.58. The van der Waals surface area contributed by atoms with Crippen LogP contribution in [0.25, 0.3) is 0 Å². The topological polar surface area (TPSA) is 18.5 Å².